The fraction of sp³-hybridized carbons (Fsp3) is 0.105. The van der Waals surface area contributed by atoms with Crippen molar-refractivity contribution in [2.24, 2.45) is 0 Å². The monoisotopic (exact) mass is 426 g/mol. The molecule has 2 heterocycles. The number of aryl methyl sites for hydroxylation is 1. The van der Waals surface area contributed by atoms with Crippen molar-refractivity contribution in [3.63, 3.8) is 0 Å². The normalized spacial score (nSPS) is 11.2. The minimum absolute atomic E-state index is 0.190. The Balaban J connectivity index is 1.67. The van der Waals surface area contributed by atoms with E-state index in [1.807, 2.05) is 42.6 Å². The zero-order valence-corrected chi connectivity index (χ0v) is 16.4. The van der Waals surface area contributed by atoms with E-state index >= 15 is 0 Å². The molecule has 0 saturated carbocycles. The highest BCUT2D eigenvalue weighted by atomic mass is 79.9. The summed E-state index contributed by atoms with van der Waals surface area (Å²) in [4.78, 5) is 12.8. The molecule has 0 atom stereocenters. The third kappa shape index (κ3) is 3.20. The average molecular weight is 427 g/mol. The summed E-state index contributed by atoms with van der Waals surface area (Å²) in [7, 11) is 0. The van der Waals surface area contributed by atoms with E-state index in [-0.39, 0.29) is 5.56 Å². The van der Waals surface area contributed by atoms with Gasteiger partial charge in [-0.2, -0.15) is 0 Å². The van der Waals surface area contributed by atoms with Crippen LogP contribution in [0.15, 0.2) is 75.3 Å². The van der Waals surface area contributed by atoms with Gasteiger partial charge in [0.25, 0.3) is 0 Å². The molecule has 0 aliphatic rings. The van der Waals surface area contributed by atoms with E-state index in [4.69, 9.17) is 0 Å². The first-order valence-electron chi connectivity index (χ1n) is 8.03. The first kappa shape index (κ1) is 17.1. The van der Waals surface area contributed by atoms with Crippen LogP contribution in [0.1, 0.15) is 11.1 Å². The van der Waals surface area contributed by atoms with E-state index in [9.17, 15) is 4.79 Å². The Bertz CT molecular complexity index is 1130. The fourth-order valence-electron chi connectivity index (χ4n) is 2.68. The lowest BCUT2D eigenvalue weighted by Gasteiger charge is -2.07. The lowest BCUT2D eigenvalue weighted by Crippen LogP contribution is -2.20. The van der Waals surface area contributed by atoms with E-state index in [2.05, 4.69) is 45.2 Å². The summed E-state index contributed by atoms with van der Waals surface area (Å²) in [6.45, 7) is 2.09. The molecule has 0 N–H and O–H groups in total. The Morgan fingerprint density at radius 2 is 1.81 bits per heavy atom. The molecule has 0 spiro atoms. The number of rotatable bonds is 4. The van der Waals surface area contributed by atoms with Crippen molar-refractivity contribution in [1.29, 1.82) is 0 Å². The molecule has 0 aliphatic carbocycles. The summed E-state index contributed by atoms with van der Waals surface area (Å²) in [5.74, 6) is 0.781. The molecule has 26 heavy (non-hydrogen) atoms. The average Bonchev–Trinajstić information content (AvgIpc) is 3.06. The predicted octanol–water partition coefficient (Wildman–Crippen LogP) is 4.24. The van der Waals surface area contributed by atoms with Crippen molar-refractivity contribution >= 4 is 33.3 Å². The van der Waals surface area contributed by atoms with E-state index in [1.165, 1.54) is 11.1 Å². The van der Waals surface area contributed by atoms with E-state index in [1.54, 1.807) is 26.9 Å². The molecule has 0 aliphatic heterocycles. The molecule has 7 heteroatoms. The Morgan fingerprint density at radius 1 is 1.04 bits per heavy atom. The summed E-state index contributed by atoms with van der Waals surface area (Å²) >= 11 is 4.98. The predicted molar refractivity (Wildman–Crippen MR) is 107 cm³/mol. The molecule has 4 rings (SSSR count). The largest absolute Gasteiger partial charge is 0.300 e. The highest BCUT2D eigenvalue weighted by Gasteiger charge is 2.12. The van der Waals surface area contributed by atoms with Crippen LogP contribution >= 0.6 is 27.7 Å². The van der Waals surface area contributed by atoms with Gasteiger partial charge in [0.15, 0.2) is 5.16 Å². The Labute approximate surface area is 162 Å². The standard InChI is InChI=1S/C19H15BrN4OS/c1-13-4-2-3-5-14(13)12-26-19-22-21-17-18(25)23(10-11-24(17)19)16-8-6-15(20)7-9-16/h2-11H,12H2,1H3. The molecule has 0 bridgehead atoms. The minimum Gasteiger partial charge on any atom is -0.280 e. The number of fused-ring (bicyclic) bond motifs is 1. The first-order valence-corrected chi connectivity index (χ1v) is 9.81. The zero-order chi connectivity index (χ0) is 18.1. The number of hydrogen-bond donors (Lipinski definition) is 0. The summed E-state index contributed by atoms with van der Waals surface area (Å²) in [5.41, 5.74) is 3.41. The molecule has 0 unspecified atom stereocenters. The molecular weight excluding hydrogens is 412 g/mol. The second-order valence-electron chi connectivity index (χ2n) is 5.84. The van der Waals surface area contributed by atoms with Gasteiger partial charge in [0.1, 0.15) is 0 Å². The lowest BCUT2D eigenvalue weighted by atomic mass is 10.1. The van der Waals surface area contributed by atoms with Crippen LogP contribution in [0.5, 0.6) is 0 Å². The maximum Gasteiger partial charge on any atom is 0.300 e. The zero-order valence-electron chi connectivity index (χ0n) is 14.0. The fourth-order valence-corrected chi connectivity index (χ4v) is 3.94. The third-order valence-electron chi connectivity index (χ3n) is 4.16. The third-order valence-corrected chi connectivity index (χ3v) is 5.68. The van der Waals surface area contributed by atoms with Gasteiger partial charge in [-0.05, 0) is 42.3 Å². The van der Waals surface area contributed by atoms with Crippen LogP contribution in [-0.4, -0.2) is 19.2 Å². The van der Waals surface area contributed by atoms with Crippen LogP contribution in [-0.2, 0) is 5.75 Å². The number of aromatic nitrogens is 4. The van der Waals surface area contributed by atoms with Crippen molar-refractivity contribution in [3.8, 4) is 5.69 Å². The molecule has 0 fully saturated rings. The number of thioether (sulfide) groups is 1. The second kappa shape index (κ2) is 7.09. The molecule has 2 aromatic heterocycles. The molecule has 0 radical (unpaired) electrons. The Morgan fingerprint density at radius 3 is 2.58 bits per heavy atom. The molecule has 130 valence electrons. The van der Waals surface area contributed by atoms with E-state index < -0.39 is 0 Å². The van der Waals surface area contributed by atoms with Crippen molar-refractivity contribution < 1.29 is 0 Å². The van der Waals surface area contributed by atoms with Crippen LogP contribution in [0, 0.1) is 6.92 Å². The van der Waals surface area contributed by atoms with Gasteiger partial charge in [-0.1, -0.05) is 52.0 Å². The van der Waals surface area contributed by atoms with Crippen molar-refractivity contribution in [1.82, 2.24) is 19.2 Å². The molecule has 4 aromatic rings. The molecule has 5 nitrogen and oxygen atoms in total. The van der Waals surface area contributed by atoms with E-state index in [0.717, 1.165) is 15.9 Å². The summed E-state index contributed by atoms with van der Waals surface area (Å²) in [6.07, 6.45) is 3.58. The molecule has 2 aromatic carbocycles. The van der Waals surface area contributed by atoms with Crippen molar-refractivity contribution in [2.75, 3.05) is 0 Å². The minimum atomic E-state index is -0.190. The Hall–Kier alpha value is -2.38. The van der Waals surface area contributed by atoms with Crippen LogP contribution in [0.2, 0.25) is 0 Å². The summed E-state index contributed by atoms with van der Waals surface area (Å²) < 4.78 is 4.29. The van der Waals surface area contributed by atoms with Gasteiger partial charge in [-0.15, -0.1) is 10.2 Å². The summed E-state index contributed by atoms with van der Waals surface area (Å²) in [6, 6.07) is 15.8. The van der Waals surface area contributed by atoms with Crippen molar-refractivity contribution in [2.45, 2.75) is 17.8 Å². The number of benzene rings is 2. The lowest BCUT2D eigenvalue weighted by molar-refractivity contribution is 0.893. The van der Waals surface area contributed by atoms with Crippen LogP contribution in [0.4, 0.5) is 0 Å². The van der Waals surface area contributed by atoms with E-state index in [0.29, 0.717) is 10.8 Å². The van der Waals surface area contributed by atoms with Gasteiger partial charge in [0.2, 0.25) is 5.65 Å². The number of hydrogen-bond acceptors (Lipinski definition) is 4. The van der Waals surface area contributed by atoms with Crippen LogP contribution in [0.25, 0.3) is 11.3 Å². The maximum atomic E-state index is 12.8. The highest BCUT2D eigenvalue weighted by molar-refractivity contribution is 9.10. The quantitative estimate of drug-likeness (QED) is 0.457. The van der Waals surface area contributed by atoms with Gasteiger partial charge in [0.05, 0.1) is 0 Å². The molecular formula is C19H15BrN4OS. The second-order valence-corrected chi connectivity index (χ2v) is 7.70. The highest BCUT2D eigenvalue weighted by Crippen LogP contribution is 2.23. The maximum absolute atomic E-state index is 12.8. The Kier molecular flexibility index (Phi) is 4.65. The SMILES string of the molecule is Cc1ccccc1CSc1nnc2c(=O)n(-c3ccc(Br)cc3)ccn12. The smallest absolute Gasteiger partial charge is 0.280 e. The van der Waals surface area contributed by atoms with Gasteiger partial charge in [-0.3, -0.25) is 13.8 Å². The molecule has 0 amide bonds. The van der Waals surface area contributed by atoms with Crippen LogP contribution < -0.4 is 5.56 Å². The first-order chi connectivity index (χ1) is 12.6. The van der Waals surface area contributed by atoms with Crippen LogP contribution in [0.3, 0.4) is 0 Å². The summed E-state index contributed by atoms with van der Waals surface area (Å²) in [5, 5.41) is 9.02. The molecule has 0 saturated heterocycles. The van der Waals surface area contributed by atoms with Gasteiger partial charge in [-0.25, -0.2) is 0 Å². The number of nitrogens with zero attached hydrogens (tertiary/aromatic N) is 4. The van der Waals surface area contributed by atoms with Gasteiger partial charge >= 0.3 is 5.56 Å². The topological polar surface area (TPSA) is 52.2 Å². The van der Waals surface area contributed by atoms with Crippen molar-refractivity contribution in [3.05, 3.63) is 86.9 Å². The van der Waals surface area contributed by atoms with Gasteiger partial charge in [0, 0.05) is 28.3 Å². The number of halogens is 1. The van der Waals surface area contributed by atoms with Gasteiger partial charge < -0.3 is 0 Å².